The summed E-state index contributed by atoms with van der Waals surface area (Å²) in [7, 11) is -9.91. The van der Waals surface area contributed by atoms with Gasteiger partial charge in [0, 0.05) is 25.7 Å². The van der Waals surface area contributed by atoms with E-state index in [1.807, 2.05) is 0 Å². The van der Waals surface area contributed by atoms with Crippen molar-refractivity contribution in [1.29, 1.82) is 0 Å². The lowest BCUT2D eigenvalue weighted by atomic mass is 10.0. The number of rotatable bonds is 72. The molecule has 0 bridgehead atoms. The number of unbranched alkanes of at least 4 members (excludes halogenated alkanes) is 38. The Labute approximate surface area is 575 Å². The zero-order valence-electron chi connectivity index (χ0n) is 61.6. The van der Waals surface area contributed by atoms with E-state index in [2.05, 4.69) is 55.4 Å². The zero-order chi connectivity index (χ0) is 69.6. The molecule has 0 aliphatic rings. The molecule has 3 N–H and O–H groups in total. The highest BCUT2D eigenvalue weighted by atomic mass is 31.2. The van der Waals surface area contributed by atoms with E-state index in [0.29, 0.717) is 31.6 Å². The lowest BCUT2D eigenvalue weighted by molar-refractivity contribution is -0.161. The number of hydrogen-bond acceptors (Lipinski definition) is 15. The van der Waals surface area contributed by atoms with E-state index >= 15 is 0 Å². The standard InChI is InChI=1S/C75H146O17P2/c1-65(2)51-43-35-27-20-14-10-9-11-17-24-32-41-49-57-74(79)92-71(62-86-73(78)56-48-40-34-26-30-38-46-54-68(7)8)64-90-94(83,84)88-60-69(76)59-87-93(81,82)89-63-70(91-75(80)58-50-42-33-25-19-18-22-29-37-45-53-67(5)6)61-85-72(77)55-47-39-31-23-16-13-12-15-21-28-36-44-52-66(3)4/h65-71,76H,9-64H2,1-8H3,(H,81,82)(H,83,84)/t69?,70-,71-/m1/s1. The van der Waals surface area contributed by atoms with Gasteiger partial charge in [-0.3, -0.25) is 37.3 Å². The van der Waals surface area contributed by atoms with Crippen LogP contribution in [0.4, 0.5) is 0 Å². The predicted octanol–water partition coefficient (Wildman–Crippen LogP) is 21.7. The maximum absolute atomic E-state index is 13.1. The Hall–Kier alpha value is -1.94. The van der Waals surface area contributed by atoms with Crippen molar-refractivity contribution in [2.75, 3.05) is 39.6 Å². The van der Waals surface area contributed by atoms with Gasteiger partial charge in [-0.15, -0.1) is 0 Å². The maximum atomic E-state index is 13.1. The predicted molar refractivity (Wildman–Crippen MR) is 381 cm³/mol. The van der Waals surface area contributed by atoms with Crippen LogP contribution < -0.4 is 0 Å². The summed E-state index contributed by atoms with van der Waals surface area (Å²) >= 11 is 0. The molecule has 0 radical (unpaired) electrons. The second-order valence-corrected chi connectivity index (χ2v) is 31.9. The molecule has 0 fully saturated rings. The van der Waals surface area contributed by atoms with Gasteiger partial charge >= 0.3 is 39.5 Å². The molecule has 17 nitrogen and oxygen atoms in total. The molecule has 0 aliphatic heterocycles. The fraction of sp³-hybridized carbons (Fsp3) is 0.947. The van der Waals surface area contributed by atoms with Crippen LogP contribution in [-0.4, -0.2) is 96.7 Å². The number of phosphoric acid groups is 2. The number of aliphatic hydroxyl groups is 1. The maximum Gasteiger partial charge on any atom is 0.472 e. The van der Waals surface area contributed by atoms with Gasteiger partial charge in [-0.05, 0) is 49.4 Å². The summed E-state index contributed by atoms with van der Waals surface area (Å²) in [6, 6.07) is 0. The largest absolute Gasteiger partial charge is 0.472 e. The summed E-state index contributed by atoms with van der Waals surface area (Å²) in [5, 5.41) is 10.6. The lowest BCUT2D eigenvalue weighted by Crippen LogP contribution is -2.30. The third-order valence-corrected chi connectivity index (χ3v) is 19.2. The van der Waals surface area contributed by atoms with Gasteiger partial charge in [-0.1, -0.05) is 325 Å². The molecule has 0 aliphatic carbocycles. The third kappa shape index (κ3) is 68.6. The number of carbonyl (C=O) groups is 4. The van der Waals surface area contributed by atoms with Crippen LogP contribution >= 0.6 is 15.6 Å². The number of carbonyl (C=O) groups excluding carboxylic acids is 4. The normalized spacial score (nSPS) is 14.2. The van der Waals surface area contributed by atoms with Crippen molar-refractivity contribution < 1.29 is 80.2 Å². The fourth-order valence-corrected chi connectivity index (χ4v) is 13.0. The molecular formula is C75H146O17P2. The van der Waals surface area contributed by atoms with Crippen molar-refractivity contribution in [3.63, 3.8) is 0 Å². The summed E-state index contributed by atoms with van der Waals surface area (Å²) in [6.07, 6.45) is 48.6. The van der Waals surface area contributed by atoms with Crippen molar-refractivity contribution in [1.82, 2.24) is 0 Å². The Morgan fingerprint density at radius 3 is 0.660 bits per heavy atom. The van der Waals surface area contributed by atoms with Crippen LogP contribution in [0.1, 0.15) is 376 Å². The third-order valence-electron chi connectivity index (χ3n) is 17.3. The van der Waals surface area contributed by atoms with Crippen molar-refractivity contribution >= 4 is 39.5 Å². The van der Waals surface area contributed by atoms with E-state index in [1.165, 1.54) is 173 Å². The van der Waals surface area contributed by atoms with Gasteiger partial charge in [-0.25, -0.2) is 9.13 Å². The number of hydrogen-bond donors (Lipinski definition) is 3. The molecule has 94 heavy (non-hydrogen) atoms. The van der Waals surface area contributed by atoms with E-state index in [4.69, 9.17) is 37.0 Å². The fourth-order valence-electron chi connectivity index (χ4n) is 11.4. The van der Waals surface area contributed by atoms with Crippen LogP contribution in [0.2, 0.25) is 0 Å². The number of ether oxygens (including phenoxy) is 4. The first-order valence-electron chi connectivity index (χ1n) is 38.7. The SMILES string of the molecule is CC(C)CCCCCCCCCCCCCCCC(=O)O[C@H](COC(=O)CCCCCCCCCC(C)C)COP(=O)(O)OCC(O)COP(=O)(O)OC[C@@H](COC(=O)CCCCCCCCCCCCCCC(C)C)OC(=O)CCCCCCCCCCCCC(C)C. The Morgan fingerprint density at radius 1 is 0.266 bits per heavy atom. The summed E-state index contributed by atoms with van der Waals surface area (Å²) in [4.78, 5) is 72.8. The van der Waals surface area contributed by atoms with Gasteiger partial charge in [0.05, 0.1) is 26.4 Å². The van der Waals surface area contributed by atoms with Gasteiger partial charge in [-0.2, -0.15) is 0 Å². The summed E-state index contributed by atoms with van der Waals surface area (Å²) < 4.78 is 68.5. The summed E-state index contributed by atoms with van der Waals surface area (Å²) in [6.45, 7) is 14.2. The average Bonchev–Trinajstić information content (AvgIpc) is 2.28. The Morgan fingerprint density at radius 2 is 0.447 bits per heavy atom. The number of aliphatic hydroxyl groups excluding tert-OH is 1. The van der Waals surface area contributed by atoms with Gasteiger partial charge in [0.1, 0.15) is 19.3 Å². The van der Waals surface area contributed by atoms with Crippen LogP contribution in [0.15, 0.2) is 0 Å². The molecule has 19 heteroatoms. The van der Waals surface area contributed by atoms with Crippen LogP contribution in [0.5, 0.6) is 0 Å². The summed E-state index contributed by atoms with van der Waals surface area (Å²) in [5.41, 5.74) is 0. The molecule has 5 atom stereocenters. The smallest absolute Gasteiger partial charge is 0.462 e. The van der Waals surface area contributed by atoms with E-state index in [-0.39, 0.29) is 25.7 Å². The van der Waals surface area contributed by atoms with Crippen molar-refractivity contribution in [2.45, 2.75) is 395 Å². The second-order valence-electron chi connectivity index (χ2n) is 28.9. The molecule has 0 aromatic heterocycles. The van der Waals surface area contributed by atoms with E-state index in [9.17, 15) is 43.2 Å². The lowest BCUT2D eigenvalue weighted by Gasteiger charge is -2.21. The van der Waals surface area contributed by atoms with Gasteiger partial charge in [0.2, 0.25) is 0 Å². The van der Waals surface area contributed by atoms with Gasteiger partial charge in [0.25, 0.3) is 0 Å². The first-order valence-corrected chi connectivity index (χ1v) is 41.7. The molecule has 0 saturated heterocycles. The van der Waals surface area contributed by atoms with Crippen LogP contribution in [0.25, 0.3) is 0 Å². The highest BCUT2D eigenvalue weighted by Gasteiger charge is 2.30. The molecule has 0 rings (SSSR count). The number of esters is 4. The van der Waals surface area contributed by atoms with Crippen LogP contribution in [0, 0.1) is 23.7 Å². The molecule has 0 aromatic carbocycles. The topological polar surface area (TPSA) is 237 Å². The van der Waals surface area contributed by atoms with E-state index in [1.54, 1.807) is 0 Å². The first-order chi connectivity index (χ1) is 45.1. The molecule has 0 aromatic rings. The van der Waals surface area contributed by atoms with Crippen molar-refractivity contribution in [3.05, 3.63) is 0 Å². The van der Waals surface area contributed by atoms with E-state index in [0.717, 1.165) is 114 Å². The van der Waals surface area contributed by atoms with E-state index < -0.39 is 97.5 Å². The molecule has 0 amide bonds. The molecule has 0 saturated carbocycles. The highest BCUT2D eigenvalue weighted by molar-refractivity contribution is 7.47. The molecule has 3 unspecified atom stereocenters. The average molecular weight is 1380 g/mol. The Bertz CT molecular complexity index is 1850. The molecule has 0 heterocycles. The molecular weight excluding hydrogens is 1230 g/mol. The van der Waals surface area contributed by atoms with Crippen molar-refractivity contribution in [3.8, 4) is 0 Å². The minimum atomic E-state index is -4.96. The monoisotopic (exact) mass is 1380 g/mol. The molecule has 558 valence electrons. The van der Waals surface area contributed by atoms with Crippen LogP contribution in [-0.2, 0) is 65.4 Å². The van der Waals surface area contributed by atoms with Gasteiger partial charge < -0.3 is 33.8 Å². The number of phosphoric ester groups is 2. The Kier molecular flexibility index (Phi) is 63.1. The summed E-state index contributed by atoms with van der Waals surface area (Å²) in [5.74, 6) is 0.903. The quantitative estimate of drug-likeness (QED) is 0.0222. The van der Waals surface area contributed by atoms with Crippen LogP contribution in [0.3, 0.4) is 0 Å². The molecule has 0 spiro atoms. The van der Waals surface area contributed by atoms with Crippen molar-refractivity contribution in [2.24, 2.45) is 23.7 Å². The zero-order valence-corrected chi connectivity index (χ0v) is 63.4. The second kappa shape index (κ2) is 64.4. The first kappa shape index (κ1) is 92.1. The highest BCUT2D eigenvalue weighted by Crippen LogP contribution is 2.45. The minimum Gasteiger partial charge on any atom is -0.462 e. The minimum absolute atomic E-state index is 0.105. The Balaban J connectivity index is 5.25. The van der Waals surface area contributed by atoms with Gasteiger partial charge in [0.15, 0.2) is 12.2 Å².